The summed E-state index contributed by atoms with van der Waals surface area (Å²) in [5.41, 5.74) is 0. The van der Waals surface area contributed by atoms with E-state index < -0.39 is 86.8 Å². The summed E-state index contributed by atoms with van der Waals surface area (Å²) in [6, 6.07) is -0.924. The first kappa shape index (κ1) is 54.6. The van der Waals surface area contributed by atoms with Gasteiger partial charge in [0.15, 0.2) is 12.6 Å². The van der Waals surface area contributed by atoms with E-state index in [1.165, 1.54) is 103 Å². The highest BCUT2D eigenvalue weighted by molar-refractivity contribution is 5.76. The third kappa shape index (κ3) is 21.7. The Kier molecular flexibility index (Phi) is 30.9. The summed E-state index contributed by atoms with van der Waals surface area (Å²) < 4.78 is 22.6. The molecule has 14 nitrogen and oxygen atoms in total. The molecule has 0 bridgehead atoms. The van der Waals surface area contributed by atoms with Crippen LogP contribution in [0.25, 0.3) is 0 Å². The Balaban J connectivity index is 1.91. The second kappa shape index (κ2) is 34.0. The van der Waals surface area contributed by atoms with Crippen LogP contribution in [0.3, 0.4) is 0 Å². The van der Waals surface area contributed by atoms with Gasteiger partial charge in [-0.3, -0.25) is 4.79 Å². The van der Waals surface area contributed by atoms with E-state index in [1.807, 2.05) is 6.08 Å². The third-order valence-electron chi connectivity index (χ3n) is 11.6. The first-order valence-corrected chi connectivity index (χ1v) is 23.6. The number of amides is 1. The van der Waals surface area contributed by atoms with E-state index in [1.54, 1.807) is 6.08 Å². The SMILES string of the molecule is CCCCCCCCC/C=C/CC/C=C/C(O)C(COC1OC(CO)C(OC2OC(CO)C(O)C(O)C2O)C(O)C1O)NC(=O)CCCCCCCCCCCCCCC. The molecule has 60 heavy (non-hydrogen) atoms. The predicted octanol–water partition coefficient (Wildman–Crippen LogP) is 4.99. The van der Waals surface area contributed by atoms with E-state index in [-0.39, 0.29) is 18.9 Å². The number of unbranched alkanes of at least 4 members (excludes halogenated alkanes) is 20. The average Bonchev–Trinajstić information content (AvgIpc) is 3.24. The van der Waals surface area contributed by atoms with Crippen molar-refractivity contribution in [1.29, 1.82) is 0 Å². The molecule has 0 aliphatic carbocycles. The zero-order valence-corrected chi connectivity index (χ0v) is 36.9. The van der Waals surface area contributed by atoms with Gasteiger partial charge in [-0.25, -0.2) is 0 Å². The quantitative estimate of drug-likeness (QED) is 0.0303. The number of carbonyl (C=O) groups excluding carboxylic acids is 1. The number of aliphatic hydroxyl groups is 8. The minimum Gasteiger partial charge on any atom is -0.394 e. The zero-order valence-electron chi connectivity index (χ0n) is 36.9. The lowest BCUT2D eigenvalue weighted by molar-refractivity contribution is -0.359. The predicted molar refractivity (Wildman–Crippen MR) is 231 cm³/mol. The van der Waals surface area contributed by atoms with Crippen LogP contribution in [0, 0.1) is 0 Å². The lowest BCUT2D eigenvalue weighted by Crippen LogP contribution is -2.65. The van der Waals surface area contributed by atoms with E-state index in [2.05, 4.69) is 31.3 Å². The molecule has 0 saturated carbocycles. The molecule has 2 rings (SSSR count). The van der Waals surface area contributed by atoms with Gasteiger partial charge in [-0.15, -0.1) is 0 Å². The molecular weight excluding hydrogens is 774 g/mol. The standard InChI is InChI=1S/C46H85NO13/c1-3-5-7-9-11-13-15-17-19-21-23-25-27-29-35(50)34(47-38(51)30-28-26-24-22-20-18-16-14-12-10-8-6-4-2)33-57-45-43(56)41(54)44(37(32-49)59-45)60-46-42(55)40(53)39(52)36(31-48)58-46/h19,21,27,29,34-37,39-46,48-50,52-56H,3-18,20,22-26,28,30-33H2,1-2H3,(H,47,51)/b21-19+,29-27+. The van der Waals surface area contributed by atoms with E-state index in [0.717, 1.165) is 32.1 Å². The summed E-state index contributed by atoms with van der Waals surface area (Å²) in [6.45, 7) is 2.73. The van der Waals surface area contributed by atoms with E-state index in [0.29, 0.717) is 12.8 Å². The van der Waals surface area contributed by atoms with Crippen molar-refractivity contribution in [2.75, 3.05) is 19.8 Å². The van der Waals surface area contributed by atoms with E-state index in [9.17, 15) is 45.6 Å². The van der Waals surface area contributed by atoms with Crippen molar-refractivity contribution in [3.8, 4) is 0 Å². The van der Waals surface area contributed by atoms with Crippen molar-refractivity contribution in [2.24, 2.45) is 0 Å². The first-order valence-electron chi connectivity index (χ1n) is 23.6. The molecule has 0 spiro atoms. The second-order valence-electron chi connectivity index (χ2n) is 16.9. The smallest absolute Gasteiger partial charge is 0.220 e. The summed E-state index contributed by atoms with van der Waals surface area (Å²) in [4.78, 5) is 13.1. The molecule has 2 heterocycles. The number of hydrogen-bond acceptors (Lipinski definition) is 13. The number of allylic oxidation sites excluding steroid dienone is 3. The monoisotopic (exact) mass is 860 g/mol. The minimum absolute atomic E-state index is 0.251. The molecule has 2 aliphatic heterocycles. The van der Waals surface area contributed by atoms with Crippen LogP contribution in [0.2, 0.25) is 0 Å². The number of nitrogens with one attached hydrogen (secondary N) is 1. The molecule has 2 aliphatic rings. The first-order chi connectivity index (χ1) is 29.1. The number of ether oxygens (including phenoxy) is 4. The van der Waals surface area contributed by atoms with Gasteiger partial charge < -0.3 is 65.1 Å². The molecule has 9 N–H and O–H groups in total. The van der Waals surface area contributed by atoms with Gasteiger partial charge in [-0.1, -0.05) is 154 Å². The van der Waals surface area contributed by atoms with Crippen molar-refractivity contribution in [3.63, 3.8) is 0 Å². The summed E-state index contributed by atoms with van der Waals surface area (Å²) >= 11 is 0. The Morgan fingerprint density at radius 2 is 1.07 bits per heavy atom. The summed E-state index contributed by atoms with van der Waals surface area (Å²) in [6.07, 6.45) is 18.0. The molecule has 0 aromatic rings. The number of carbonyl (C=O) groups is 1. The van der Waals surface area contributed by atoms with Gasteiger partial charge in [0.2, 0.25) is 5.91 Å². The van der Waals surface area contributed by atoms with E-state index >= 15 is 0 Å². The van der Waals surface area contributed by atoms with E-state index in [4.69, 9.17) is 18.9 Å². The summed E-state index contributed by atoms with van der Waals surface area (Å²) in [5, 5.41) is 86.4. The number of hydrogen-bond donors (Lipinski definition) is 9. The maximum absolute atomic E-state index is 13.1. The van der Waals surface area contributed by atoms with Gasteiger partial charge in [0.25, 0.3) is 0 Å². The van der Waals surface area contributed by atoms with Crippen LogP contribution < -0.4 is 5.32 Å². The van der Waals surface area contributed by atoms with Crippen LogP contribution >= 0.6 is 0 Å². The third-order valence-corrected chi connectivity index (χ3v) is 11.6. The summed E-state index contributed by atoms with van der Waals surface area (Å²) in [7, 11) is 0. The van der Waals surface area contributed by atoms with Crippen molar-refractivity contribution in [3.05, 3.63) is 24.3 Å². The van der Waals surface area contributed by atoms with Gasteiger partial charge in [0.05, 0.1) is 32.0 Å². The largest absolute Gasteiger partial charge is 0.394 e. The molecule has 12 unspecified atom stereocenters. The lowest BCUT2D eigenvalue weighted by Gasteiger charge is -2.46. The van der Waals surface area contributed by atoms with Crippen LogP contribution in [0.4, 0.5) is 0 Å². The highest BCUT2D eigenvalue weighted by Crippen LogP contribution is 2.30. The van der Waals surface area contributed by atoms with Crippen molar-refractivity contribution in [1.82, 2.24) is 5.32 Å². The Labute approximate surface area is 360 Å². The highest BCUT2D eigenvalue weighted by atomic mass is 16.7. The highest BCUT2D eigenvalue weighted by Gasteiger charge is 2.50. The zero-order chi connectivity index (χ0) is 44.0. The van der Waals surface area contributed by atoms with Gasteiger partial charge in [0.1, 0.15) is 48.8 Å². The number of aliphatic hydroxyl groups excluding tert-OH is 8. The fourth-order valence-corrected chi connectivity index (χ4v) is 7.72. The van der Waals surface area contributed by atoms with Crippen molar-refractivity contribution in [2.45, 2.75) is 242 Å². The molecule has 352 valence electrons. The van der Waals surface area contributed by atoms with Crippen LogP contribution in [-0.4, -0.2) is 140 Å². The molecule has 0 aromatic carbocycles. The molecule has 14 heteroatoms. The Bertz CT molecular complexity index is 1110. The van der Waals surface area contributed by atoms with Crippen molar-refractivity contribution < 1.29 is 64.6 Å². The molecule has 12 atom stereocenters. The lowest BCUT2D eigenvalue weighted by atomic mass is 9.97. The molecule has 1 amide bonds. The van der Waals surface area contributed by atoms with Gasteiger partial charge in [-0.2, -0.15) is 0 Å². The van der Waals surface area contributed by atoms with Crippen molar-refractivity contribution >= 4 is 5.91 Å². The van der Waals surface area contributed by atoms with Crippen LogP contribution in [0.5, 0.6) is 0 Å². The number of rotatable bonds is 35. The molecule has 2 fully saturated rings. The maximum Gasteiger partial charge on any atom is 0.220 e. The Morgan fingerprint density at radius 3 is 1.63 bits per heavy atom. The van der Waals surface area contributed by atoms with Crippen LogP contribution in [0.15, 0.2) is 24.3 Å². The molecule has 0 aromatic heterocycles. The molecule has 2 saturated heterocycles. The summed E-state index contributed by atoms with van der Waals surface area (Å²) in [5.74, 6) is -0.251. The molecular formula is C46H85NO13. The average molecular weight is 860 g/mol. The Morgan fingerprint density at radius 1 is 0.583 bits per heavy atom. The van der Waals surface area contributed by atoms with Gasteiger partial charge in [-0.05, 0) is 32.1 Å². The van der Waals surface area contributed by atoms with Crippen LogP contribution in [0.1, 0.15) is 168 Å². The molecule has 0 radical (unpaired) electrons. The minimum atomic E-state index is -1.79. The fourth-order valence-electron chi connectivity index (χ4n) is 7.72. The fraction of sp³-hybridized carbons (Fsp3) is 0.891. The van der Waals surface area contributed by atoms with Gasteiger partial charge >= 0.3 is 0 Å². The Hall–Kier alpha value is -1.53. The second-order valence-corrected chi connectivity index (χ2v) is 16.9. The van der Waals surface area contributed by atoms with Crippen LogP contribution in [-0.2, 0) is 23.7 Å². The topological polar surface area (TPSA) is 228 Å². The normalized spacial score (nSPS) is 28.4. The van der Waals surface area contributed by atoms with Gasteiger partial charge in [0, 0.05) is 6.42 Å². The maximum atomic E-state index is 13.1.